The number of halogens is 1. The molecule has 0 saturated carbocycles. The molecule has 15 nitrogen and oxygen atoms in total. The van der Waals surface area contributed by atoms with E-state index in [1.807, 2.05) is 25.2 Å². The molecule has 0 bridgehead atoms. The van der Waals surface area contributed by atoms with Gasteiger partial charge in [0.1, 0.15) is 0 Å². The molecular formula is C39H46ClN11O4S. The van der Waals surface area contributed by atoms with Crippen LogP contribution in [0, 0.1) is 16.7 Å². The molecule has 2 aromatic carbocycles. The molecule has 0 atom stereocenters. The number of benzene rings is 2. The molecule has 0 radical (unpaired) electrons. The first-order valence-electron chi connectivity index (χ1n) is 19.3. The molecule has 4 saturated heterocycles. The highest BCUT2D eigenvalue weighted by Crippen LogP contribution is 2.38. The summed E-state index contributed by atoms with van der Waals surface area (Å²) in [6.07, 6.45) is 7.97. The number of urea groups is 1. The predicted octanol–water partition coefficient (Wildman–Crippen LogP) is 4.72. The van der Waals surface area contributed by atoms with Crippen molar-refractivity contribution in [2.45, 2.75) is 61.8 Å². The van der Waals surface area contributed by atoms with Crippen LogP contribution in [0.15, 0.2) is 59.8 Å². The maximum absolute atomic E-state index is 13.7. The number of hydrogen-bond acceptors (Lipinski definition) is 11. The predicted molar refractivity (Wildman–Crippen MR) is 213 cm³/mol. The van der Waals surface area contributed by atoms with Crippen molar-refractivity contribution in [2.24, 2.45) is 12.5 Å². The summed E-state index contributed by atoms with van der Waals surface area (Å²) in [4.78, 5) is 39.0. The highest BCUT2D eigenvalue weighted by atomic mass is 35.5. The highest BCUT2D eigenvalue weighted by molar-refractivity contribution is 7.89. The van der Waals surface area contributed by atoms with Crippen LogP contribution < -0.4 is 20.4 Å². The Kier molecular flexibility index (Phi) is 10.6. The number of amides is 3. The average Bonchev–Trinajstić information content (AvgIpc) is 3.54. The Balaban J connectivity index is 0.842. The molecule has 6 heterocycles. The number of anilines is 3. The molecule has 4 aliphatic heterocycles. The van der Waals surface area contributed by atoms with Crippen molar-refractivity contribution >= 4 is 61.9 Å². The van der Waals surface area contributed by atoms with Crippen molar-refractivity contribution in [3.8, 4) is 6.07 Å². The number of sulfonamides is 1. The van der Waals surface area contributed by atoms with Gasteiger partial charge in [0, 0.05) is 69.9 Å². The van der Waals surface area contributed by atoms with Gasteiger partial charge in [0.25, 0.3) is 0 Å². The molecule has 4 aromatic rings. The second kappa shape index (κ2) is 15.6. The van der Waals surface area contributed by atoms with Gasteiger partial charge >= 0.3 is 6.03 Å². The Hall–Kier alpha value is -4.82. The molecule has 2 aromatic heterocycles. The molecule has 0 spiro atoms. The van der Waals surface area contributed by atoms with E-state index in [4.69, 9.17) is 11.6 Å². The Morgan fingerprint density at radius 2 is 1.70 bits per heavy atom. The molecular weight excluding hydrogens is 754 g/mol. The summed E-state index contributed by atoms with van der Waals surface area (Å²) in [5.41, 5.74) is 2.59. The molecule has 56 heavy (non-hydrogen) atoms. The fraction of sp³-hybridized carbons (Fsp3) is 0.487. The normalized spacial score (nSPS) is 20.6. The highest BCUT2D eigenvalue weighted by Gasteiger charge is 2.38. The van der Waals surface area contributed by atoms with Crippen LogP contribution in [0.4, 0.5) is 22.2 Å². The number of aryl methyl sites for hydroxylation is 1. The van der Waals surface area contributed by atoms with Gasteiger partial charge in [-0.1, -0.05) is 23.7 Å². The Bertz CT molecular complexity index is 2250. The maximum Gasteiger partial charge on any atom is 0.329 e. The van der Waals surface area contributed by atoms with Gasteiger partial charge in [-0.25, -0.2) is 23.2 Å². The van der Waals surface area contributed by atoms with E-state index in [-0.39, 0.29) is 23.3 Å². The second-order valence-corrected chi connectivity index (χ2v) is 17.8. The van der Waals surface area contributed by atoms with Crippen molar-refractivity contribution in [1.29, 1.82) is 5.26 Å². The molecule has 3 amide bonds. The zero-order valence-electron chi connectivity index (χ0n) is 31.4. The number of aromatic nitrogens is 4. The lowest BCUT2D eigenvalue weighted by Crippen LogP contribution is -2.49. The second-order valence-electron chi connectivity index (χ2n) is 15.5. The molecule has 0 aliphatic carbocycles. The summed E-state index contributed by atoms with van der Waals surface area (Å²) in [5.74, 6) is 1.15. The van der Waals surface area contributed by atoms with Gasteiger partial charge in [0.05, 0.1) is 39.3 Å². The monoisotopic (exact) mass is 799 g/mol. The number of piperidine rings is 3. The molecule has 294 valence electrons. The van der Waals surface area contributed by atoms with E-state index in [1.54, 1.807) is 21.1 Å². The lowest BCUT2D eigenvalue weighted by molar-refractivity contribution is -0.120. The zero-order chi connectivity index (χ0) is 39.0. The van der Waals surface area contributed by atoms with Crippen molar-refractivity contribution in [2.75, 3.05) is 67.5 Å². The summed E-state index contributed by atoms with van der Waals surface area (Å²) < 4.78 is 30.8. The van der Waals surface area contributed by atoms with Crippen molar-refractivity contribution in [3.05, 3.63) is 65.4 Å². The quantitative estimate of drug-likeness (QED) is 0.240. The van der Waals surface area contributed by atoms with Crippen molar-refractivity contribution in [1.82, 2.24) is 34.3 Å². The number of fused-ring (bicyclic) bond motifs is 1. The van der Waals surface area contributed by atoms with Crippen LogP contribution in [-0.2, 0) is 21.9 Å². The topological polar surface area (TPSA) is 173 Å². The fourth-order valence-electron chi connectivity index (χ4n) is 8.63. The molecule has 4 aliphatic rings. The van der Waals surface area contributed by atoms with E-state index in [0.29, 0.717) is 81.1 Å². The summed E-state index contributed by atoms with van der Waals surface area (Å²) in [7, 11) is -1.80. The van der Waals surface area contributed by atoms with Crippen molar-refractivity contribution in [3.63, 3.8) is 0 Å². The lowest BCUT2D eigenvalue weighted by atomic mass is 9.78. The van der Waals surface area contributed by atoms with Crippen LogP contribution in [0.1, 0.15) is 56.4 Å². The number of likely N-dealkylation sites (tertiary alicyclic amines) is 1. The average molecular weight is 800 g/mol. The minimum atomic E-state index is -3.68. The third-order valence-corrected chi connectivity index (χ3v) is 14.0. The Morgan fingerprint density at radius 1 is 0.964 bits per heavy atom. The molecule has 0 unspecified atom stereocenters. The standard InChI is InChI=1S/C39H46ClN11O4S/c1-47-34-21-28(5-6-33(34)36(46-47)51-18-11-35(52)45-38(51)53)27-7-14-48(15-8-27)26-39(25-41)12-19-49(20-13-39)31-3-2-4-32(22-31)56(54,55)50-16-9-30(10-17-50)44-37-42-23-29(40)24-43-37/h2-6,21-24,27,30H,7-20,26H2,1H3,(H,42,43,44)(H,45,52,53). The molecule has 8 rings (SSSR count). The first-order chi connectivity index (χ1) is 27.0. The van der Waals surface area contributed by atoms with E-state index < -0.39 is 21.5 Å². The minimum absolute atomic E-state index is 0.0683. The first kappa shape index (κ1) is 38.1. The summed E-state index contributed by atoms with van der Waals surface area (Å²) in [6, 6.07) is 15.9. The fourth-order valence-corrected chi connectivity index (χ4v) is 10.2. The van der Waals surface area contributed by atoms with Gasteiger partial charge in [0.2, 0.25) is 21.9 Å². The van der Waals surface area contributed by atoms with Crippen molar-refractivity contribution < 1.29 is 18.0 Å². The smallest absolute Gasteiger partial charge is 0.329 e. The molecule has 4 fully saturated rings. The summed E-state index contributed by atoms with van der Waals surface area (Å²) in [6.45, 7) is 4.98. The number of nitrogens with one attached hydrogen (secondary N) is 2. The number of carbonyl (C=O) groups excluding carboxylic acids is 2. The largest absolute Gasteiger partial charge is 0.371 e. The molecule has 17 heteroatoms. The van der Waals surface area contributed by atoms with Crippen LogP contribution in [-0.4, -0.2) is 108 Å². The van der Waals surface area contributed by atoms with Crippen LogP contribution >= 0.6 is 11.6 Å². The van der Waals surface area contributed by atoms with Crippen LogP contribution in [0.3, 0.4) is 0 Å². The molecule has 2 N–H and O–H groups in total. The van der Waals surface area contributed by atoms with Crippen LogP contribution in [0.2, 0.25) is 5.02 Å². The van der Waals surface area contributed by atoms with Gasteiger partial charge in [-0.05, 0) is 93.4 Å². The van der Waals surface area contributed by atoms with Gasteiger partial charge < -0.3 is 15.1 Å². The van der Waals surface area contributed by atoms with E-state index in [2.05, 4.69) is 53.7 Å². The summed E-state index contributed by atoms with van der Waals surface area (Å²) >= 11 is 5.89. The van der Waals surface area contributed by atoms with Crippen LogP contribution in [0.5, 0.6) is 0 Å². The number of imide groups is 1. The van der Waals surface area contributed by atoms with E-state index in [9.17, 15) is 23.3 Å². The summed E-state index contributed by atoms with van der Waals surface area (Å²) in [5, 5.41) is 22.1. The zero-order valence-corrected chi connectivity index (χ0v) is 33.0. The first-order valence-corrected chi connectivity index (χ1v) is 21.1. The van der Waals surface area contributed by atoms with E-state index >= 15 is 0 Å². The Morgan fingerprint density at radius 3 is 2.39 bits per heavy atom. The number of hydrogen-bond donors (Lipinski definition) is 2. The number of rotatable bonds is 9. The minimum Gasteiger partial charge on any atom is -0.371 e. The van der Waals surface area contributed by atoms with Gasteiger partial charge in [-0.3, -0.25) is 19.7 Å². The van der Waals surface area contributed by atoms with Gasteiger partial charge in [-0.15, -0.1) is 0 Å². The third-order valence-electron chi connectivity index (χ3n) is 11.9. The number of carbonyl (C=O) groups is 2. The Labute approximate surface area is 331 Å². The number of nitriles is 1. The van der Waals surface area contributed by atoms with Crippen LogP contribution in [0.25, 0.3) is 10.9 Å². The third kappa shape index (κ3) is 7.77. The lowest BCUT2D eigenvalue weighted by Gasteiger charge is -2.42. The van der Waals surface area contributed by atoms with Gasteiger partial charge in [-0.2, -0.15) is 14.7 Å². The van der Waals surface area contributed by atoms with Gasteiger partial charge in [0.15, 0.2) is 5.82 Å². The van der Waals surface area contributed by atoms with E-state index in [1.165, 1.54) is 22.9 Å². The number of nitrogens with zero attached hydrogens (tertiary/aromatic N) is 9. The SMILES string of the molecule is Cn1nc(N2CCC(=O)NC2=O)c2ccc(C3CCN(CC4(C#N)CCN(c5cccc(S(=O)(=O)N6CCC(Nc7ncc(Cl)cn7)CC6)c5)CC4)CC3)cc21. The maximum atomic E-state index is 13.7. The van der Waals surface area contributed by atoms with E-state index in [0.717, 1.165) is 49.1 Å².